The van der Waals surface area contributed by atoms with Gasteiger partial charge in [-0.3, -0.25) is 9.78 Å². The predicted octanol–water partition coefficient (Wildman–Crippen LogP) is 4.95. The Kier molecular flexibility index (Phi) is 5.81. The third-order valence-electron chi connectivity index (χ3n) is 6.80. The number of ether oxygens (including phenoxy) is 1. The number of fused-ring (bicyclic) bond motifs is 1. The van der Waals surface area contributed by atoms with E-state index in [0.29, 0.717) is 12.1 Å². The number of halogens is 2. The number of hydrogen-bond acceptors (Lipinski definition) is 4. The number of piperidine rings is 1. The first-order valence-electron chi connectivity index (χ1n) is 11.6. The Morgan fingerprint density at radius 3 is 2.62 bits per heavy atom. The number of rotatable bonds is 4. The van der Waals surface area contributed by atoms with Crippen LogP contribution in [0.2, 0.25) is 0 Å². The predicted molar refractivity (Wildman–Crippen MR) is 127 cm³/mol. The number of hydrogen-bond donors (Lipinski definition) is 1. The zero-order chi connectivity index (χ0) is 23.9. The van der Waals surface area contributed by atoms with Crippen LogP contribution in [-0.4, -0.2) is 41.3 Å². The van der Waals surface area contributed by atoms with Crippen molar-refractivity contribution < 1.29 is 18.3 Å². The first-order valence-corrected chi connectivity index (χ1v) is 11.6. The molecule has 0 radical (unpaired) electrons. The van der Waals surface area contributed by atoms with Gasteiger partial charge in [0, 0.05) is 60.9 Å². The van der Waals surface area contributed by atoms with E-state index in [1.807, 2.05) is 31.3 Å². The van der Waals surface area contributed by atoms with Crippen molar-refractivity contribution in [1.82, 2.24) is 9.88 Å². The lowest BCUT2D eigenvalue weighted by molar-refractivity contribution is -0.0494. The molecule has 1 aromatic carbocycles. The number of aromatic nitrogens is 1. The molecule has 1 amide bonds. The van der Waals surface area contributed by atoms with Crippen molar-refractivity contribution in [3.8, 4) is 0 Å². The lowest BCUT2D eigenvalue weighted by Gasteiger charge is -2.31. The molecule has 1 saturated heterocycles. The molecular formula is C27H27F2N3O2. The molecule has 5 rings (SSSR count). The molecule has 1 fully saturated rings. The van der Waals surface area contributed by atoms with Gasteiger partial charge in [-0.05, 0) is 60.4 Å². The Morgan fingerprint density at radius 1 is 1.21 bits per heavy atom. The SMILES string of the molecule is Cc1ccncc1C1=C2OC(CN)=CC2CC(c2ccc(C(=O)N3CCC(F)(F)CC3)cc2)=C1. The zero-order valence-corrected chi connectivity index (χ0v) is 19.1. The molecule has 0 saturated carbocycles. The van der Waals surface area contributed by atoms with Crippen LogP contribution in [0.4, 0.5) is 8.78 Å². The average molecular weight is 464 g/mol. The van der Waals surface area contributed by atoms with Crippen LogP contribution in [0.3, 0.4) is 0 Å². The molecule has 3 heterocycles. The number of allylic oxidation sites excluding steroid dienone is 4. The summed E-state index contributed by atoms with van der Waals surface area (Å²) in [5.41, 5.74) is 11.6. The number of aryl methyl sites for hydroxylation is 1. The zero-order valence-electron chi connectivity index (χ0n) is 19.1. The van der Waals surface area contributed by atoms with Gasteiger partial charge in [-0.1, -0.05) is 12.1 Å². The second kappa shape index (κ2) is 8.80. The summed E-state index contributed by atoms with van der Waals surface area (Å²) in [6.45, 7) is 2.55. The molecule has 2 aromatic rings. The summed E-state index contributed by atoms with van der Waals surface area (Å²) in [6.07, 6.45) is 8.03. The summed E-state index contributed by atoms with van der Waals surface area (Å²) in [5.74, 6) is -1.12. The highest BCUT2D eigenvalue weighted by Gasteiger charge is 2.36. The highest BCUT2D eigenvalue weighted by molar-refractivity contribution is 5.95. The van der Waals surface area contributed by atoms with Gasteiger partial charge < -0.3 is 15.4 Å². The van der Waals surface area contributed by atoms with Gasteiger partial charge in [-0.2, -0.15) is 0 Å². The number of carbonyl (C=O) groups excluding carboxylic acids is 1. The van der Waals surface area contributed by atoms with E-state index in [0.717, 1.165) is 45.8 Å². The van der Waals surface area contributed by atoms with Crippen LogP contribution in [0.1, 0.15) is 46.3 Å². The molecule has 0 spiro atoms. The maximum Gasteiger partial charge on any atom is 0.253 e. The molecule has 7 heteroatoms. The molecule has 1 aliphatic carbocycles. The monoisotopic (exact) mass is 463 g/mol. The van der Waals surface area contributed by atoms with Crippen LogP contribution in [0, 0.1) is 12.8 Å². The summed E-state index contributed by atoms with van der Waals surface area (Å²) < 4.78 is 33.0. The highest BCUT2D eigenvalue weighted by atomic mass is 19.3. The molecule has 34 heavy (non-hydrogen) atoms. The smallest absolute Gasteiger partial charge is 0.253 e. The quantitative estimate of drug-likeness (QED) is 0.697. The minimum absolute atomic E-state index is 0.0810. The van der Waals surface area contributed by atoms with Crippen LogP contribution in [0.15, 0.2) is 66.4 Å². The van der Waals surface area contributed by atoms with Crippen molar-refractivity contribution in [1.29, 1.82) is 0 Å². The fourth-order valence-corrected chi connectivity index (χ4v) is 4.81. The lowest BCUT2D eigenvalue weighted by Crippen LogP contribution is -2.42. The Balaban J connectivity index is 1.42. The molecule has 1 atom stereocenters. The lowest BCUT2D eigenvalue weighted by atomic mass is 9.83. The Bertz CT molecular complexity index is 1200. The summed E-state index contributed by atoms with van der Waals surface area (Å²) in [7, 11) is 0. The standard InChI is InChI=1S/C27H27F2N3O2/c1-17-6-9-31-16-24(17)23-14-20(12-21-13-22(15-30)34-25(21)23)18-2-4-19(5-3-18)26(33)32-10-7-27(28,29)8-11-32/h2-6,9,13-14,16,21H,7-8,10-12,15,30H2,1H3. The van der Waals surface area contributed by atoms with E-state index in [1.165, 1.54) is 4.90 Å². The third kappa shape index (κ3) is 4.28. The second-order valence-electron chi connectivity index (χ2n) is 9.11. The fraction of sp³-hybridized carbons (Fsp3) is 0.333. The molecule has 1 unspecified atom stereocenters. The van der Waals surface area contributed by atoms with Gasteiger partial charge in [0.1, 0.15) is 11.5 Å². The van der Waals surface area contributed by atoms with Crippen LogP contribution in [-0.2, 0) is 4.74 Å². The van der Waals surface area contributed by atoms with Crippen molar-refractivity contribution in [2.75, 3.05) is 19.6 Å². The summed E-state index contributed by atoms with van der Waals surface area (Å²) in [4.78, 5) is 18.6. The number of alkyl halides is 2. The molecule has 5 nitrogen and oxygen atoms in total. The second-order valence-corrected chi connectivity index (χ2v) is 9.11. The number of pyridine rings is 1. The normalized spacial score (nSPS) is 21.5. The largest absolute Gasteiger partial charge is 0.464 e. The maximum absolute atomic E-state index is 13.4. The minimum atomic E-state index is -2.67. The molecule has 3 aliphatic rings. The van der Waals surface area contributed by atoms with Crippen LogP contribution >= 0.6 is 0 Å². The minimum Gasteiger partial charge on any atom is -0.464 e. The number of amides is 1. The third-order valence-corrected chi connectivity index (χ3v) is 6.80. The summed E-state index contributed by atoms with van der Waals surface area (Å²) in [6, 6.07) is 9.40. The fourth-order valence-electron chi connectivity index (χ4n) is 4.81. The van der Waals surface area contributed by atoms with E-state index in [-0.39, 0.29) is 37.8 Å². The number of benzene rings is 1. The Hall–Kier alpha value is -3.32. The Labute approximate surface area is 197 Å². The van der Waals surface area contributed by atoms with Gasteiger partial charge in [0.2, 0.25) is 0 Å². The molecule has 1 aromatic heterocycles. The van der Waals surface area contributed by atoms with Crippen molar-refractivity contribution in [3.05, 3.63) is 88.6 Å². The number of nitrogens with zero attached hydrogens (tertiary/aromatic N) is 2. The van der Waals surface area contributed by atoms with Gasteiger partial charge in [-0.15, -0.1) is 0 Å². The topological polar surface area (TPSA) is 68.5 Å². The van der Waals surface area contributed by atoms with Gasteiger partial charge in [0.25, 0.3) is 11.8 Å². The van der Waals surface area contributed by atoms with E-state index in [2.05, 4.69) is 17.1 Å². The van der Waals surface area contributed by atoms with E-state index >= 15 is 0 Å². The number of nitrogens with two attached hydrogens (primary N) is 1. The van der Waals surface area contributed by atoms with E-state index < -0.39 is 5.92 Å². The van der Waals surface area contributed by atoms with Crippen molar-refractivity contribution in [3.63, 3.8) is 0 Å². The average Bonchev–Trinajstić information content (AvgIpc) is 3.27. The van der Waals surface area contributed by atoms with Crippen molar-refractivity contribution in [2.45, 2.75) is 32.1 Å². The van der Waals surface area contributed by atoms with Crippen molar-refractivity contribution in [2.24, 2.45) is 11.7 Å². The van der Waals surface area contributed by atoms with Crippen LogP contribution < -0.4 is 5.73 Å². The molecular weight excluding hydrogens is 436 g/mol. The Morgan fingerprint density at radius 2 is 1.94 bits per heavy atom. The molecule has 176 valence electrons. The van der Waals surface area contributed by atoms with Crippen LogP contribution in [0.25, 0.3) is 11.1 Å². The summed E-state index contributed by atoms with van der Waals surface area (Å²) >= 11 is 0. The van der Waals surface area contributed by atoms with E-state index in [1.54, 1.807) is 18.3 Å². The first kappa shape index (κ1) is 22.5. The molecule has 2 aliphatic heterocycles. The van der Waals surface area contributed by atoms with E-state index in [9.17, 15) is 13.6 Å². The summed E-state index contributed by atoms with van der Waals surface area (Å²) in [5, 5.41) is 0. The molecule has 2 N–H and O–H groups in total. The number of carbonyl (C=O) groups is 1. The highest BCUT2D eigenvalue weighted by Crippen LogP contribution is 2.44. The van der Waals surface area contributed by atoms with Gasteiger partial charge >= 0.3 is 0 Å². The van der Waals surface area contributed by atoms with Crippen molar-refractivity contribution >= 4 is 17.1 Å². The maximum atomic E-state index is 13.4. The van der Waals surface area contributed by atoms with Gasteiger partial charge in [0.05, 0.1) is 6.54 Å². The number of likely N-dealkylation sites (tertiary alicyclic amines) is 1. The van der Waals surface area contributed by atoms with Gasteiger partial charge in [0.15, 0.2) is 0 Å². The van der Waals surface area contributed by atoms with E-state index in [4.69, 9.17) is 10.5 Å². The van der Waals surface area contributed by atoms with Gasteiger partial charge in [-0.25, -0.2) is 8.78 Å². The molecule has 0 bridgehead atoms. The van der Waals surface area contributed by atoms with Crippen LogP contribution in [0.5, 0.6) is 0 Å². The first-order chi connectivity index (χ1) is 16.3.